The van der Waals surface area contributed by atoms with Crippen LogP contribution in [0.3, 0.4) is 0 Å². The lowest BCUT2D eigenvalue weighted by atomic mass is 9.96. The fourth-order valence-electron chi connectivity index (χ4n) is 3.41. The van der Waals surface area contributed by atoms with Crippen molar-refractivity contribution >= 4 is 46.6 Å². The summed E-state index contributed by atoms with van der Waals surface area (Å²) in [6, 6.07) is 9.82. The lowest BCUT2D eigenvalue weighted by Gasteiger charge is -2.24. The van der Waals surface area contributed by atoms with Crippen LogP contribution in [0, 0.1) is 5.82 Å². The van der Waals surface area contributed by atoms with Gasteiger partial charge in [-0.05, 0) is 48.4 Å². The number of halogens is 3. The number of carbonyl (C=O) groups excluding carboxylic acids is 1. The summed E-state index contributed by atoms with van der Waals surface area (Å²) in [5.74, 6) is -1.03. The molecule has 0 fully saturated rings. The molecule has 0 saturated carbocycles. The smallest absolute Gasteiger partial charge is 0.338 e. The Bertz CT molecular complexity index is 1410. The number of carbonyl (C=O) groups is 1. The van der Waals surface area contributed by atoms with Crippen molar-refractivity contribution in [3.63, 3.8) is 0 Å². The first-order chi connectivity index (χ1) is 14.8. The predicted octanol–water partition coefficient (Wildman–Crippen LogP) is 3.85. The Hall–Kier alpha value is -2.74. The maximum absolute atomic E-state index is 13.5. The molecule has 1 aromatic heterocycles. The average Bonchev–Trinajstić information content (AvgIpc) is 3.04. The van der Waals surface area contributed by atoms with Gasteiger partial charge in [0.05, 0.1) is 29.0 Å². The van der Waals surface area contributed by atoms with Crippen molar-refractivity contribution in [2.75, 3.05) is 7.11 Å². The monoisotopic (exact) mass is 476 g/mol. The fourth-order valence-corrected chi connectivity index (χ4v) is 4.91. The Morgan fingerprint density at radius 2 is 1.94 bits per heavy atom. The highest BCUT2D eigenvalue weighted by Gasteiger charge is 2.33. The number of aromatic nitrogens is 1. The molecular weight excluding hydrogens is 462 g/mol. The molecule has 3 aromatic rings. The van der Waals surface area contributed by atoms with E-state index in [0.717, 1.165) is 0 Å². The number of methoxy groups -OCH3 is 1. The molecule has 9 heteroatoms. The molecule has 5 nitrogen and oxygen atoms in total. The molecule has 1 aliphatic heterocycles. The third-order valence-corrected chi connectivity index (χ3v) is 6.41. The average molecular weight is 477 g/mol. The number of thiazole rings is 1. The van der Waals surface area contributed by atoms with E-state index in [-0.39, 0.29) is 11.1 Å². The molecule has 4 rings (SSSR count). The molecule has 2 aromatic carbocycles. The zero-order valence-corrected chi connectivity index (χ0v) is 18.7. The van der Waals surface area contributed by atoms with E-state index in [0.29, 0.717) is 36.2 Å². The van der Waals surface area contributed by atoms with Crippen LogP contribution in [0.15, 0.2) is 63.5 Å². The lowest BCUT2D eigenvalue weighted by Crippen LogP contribution is -2.39. The molecule has 0 aliphatic carbocycles. The van der Waals surface area contributed by atoms with Crippen molar-refractivity contribution in [1.29, 1.82) is 0 Å². The fraction of sp³-hybridized carbons (Fsp3) is 0.136. The largest absolute Gasteiger partial charge is 0.466 e. The highest BCUT2D eigenvalue weighted by atomic mass is 35.5. The summed E-state index contributed by atoms with van der Waals surface area (Å²) >= 11 is 13.4. The van der Waals surface area contributed by atoms with Gasteiger partial charge in [0.1, 0.15) is 5.82 Å². The third kappa shape index (κ3) is 3.96. The summed E-state index contributed by atoms with van der Waals surface area (Å²) in [5, 5.41) is 0.887. The van der Waals surface area contributed by atoms with E-state index >= 15 is 0 Å². The summed E-state index contributed by atoms with van der Waals surface area (Å²) < 4.78 is 20.3. The highest BCUT2D eigenvalue weighted by Crippen LogP contribution is 2.30. The number of esters is 1. The summed E-state index contributed by atoms with van der Waals surface area (Å²) in [6.45, 7) is 1.68. The summed E-state index contributed by atoms with van der Waals surface area (Å²) in [7, 11) is 1.26. The van der Waals surface area contributed by atoms with Crippen LogP contribution in [0.2, 0.25) is 10.0 Å². The van der Waals surface area contributed by atoms with E-state index in [4.69, 9.17) is 27.9 Å². The van der Waals surface area contributed by atoms with Gasteiger partial charge in [0.15, 0.2) is 4.80 Å². The summed E-state index contributed by atoms with van der Waals surface area (Å²) in [4.78, 5) is 30.8. The SMILES string of the molecule is COC(=O)C1=C(C)N=c2s/c(=C/c3ccc(Cl)cc3Cl)c(=O)n2[C@@H]1c1ccc(F)cc1. The number of rotatable bonds is 3. The number of benzene rings is 2. The van der Waals surface area contributed by atoms with E-state index in [9.17, 15) is 14.0 Å². The van der Waals surface area contributed by atoms with Crippen LogP contribution in [0.25, 0.3) is 6.08 Å². The minimum Gasteiger partial charge on any atom is -0.466 e. The Labute approximate surface area is 190 Å². The second-order valence-corrected chi connectivity index (χ2v) is 8.64. The maximum Gasteiger partial charge on any atom is 0.338 e. The molecule has 0 spiro atoms. The van der Waals surface area contributed by atoms with Crippen molar-refractivity contribution in [1.82, 2.24) is 4.57 Å². The molecule has 0 N–H and O–H groups in total. The zero-order valence-electron chi connectivity index (χ0n) is 16.4. The first kappa shape index (κ1) is 21.5. The number of ether oxygens (including phenoxy) is 1. The quantitative estimate of drug-likeness (QED) is 0.539. The Morgan fingerprint density at radius 1 is 1.23 bits per heavy atom. The van der Waals surface area contributed by atoms with Gasteiger partial charge in [0.2, 0.25) is 0 Å². The summed E-state index contributed by atoms with van der Waals surface area (Å²) in [5.41, 5.74) is 1.49. The molecule has 158 valence electrons. The number of allylic oxidation sites excluding steroid dienone is 1. The number of hydrogen-bond acceptors (Lipinski definition) is 5. The lowest BCUT2D eigenvalue weighted by molar-refractivity contribution is -0.136. The molecule has 0 amide bonds. The van der Waals surface area contributed by atoms with Gasteiger partial charge in [-0.3, -0.25) is 9.36 Å². The maximum atomic E-state index is 13.5. The second-order valence-electron chi connectivity index (χ2n) is 6.79. The standard InChI is InChI=1S/C22H15Cl2FN2O3S/c1-11-18(21(29)30-2)19(12-4-7-15(25)8-5-12)27-20(28)17(31-22(27)26-11)9-13-3-6-14(23)10-16(13)24/h3-10,19H,1-2H3/b17-9+/t19-/m1/s1. The van der Waals surface area contributed by atoms with Gasteiger partial charge in [-0.1, -0.05) is 52.7 Å². The van der Waals surface area contributed by atoms with Gasteiger partial charge in [0, 0.05) is 10.0 Å². The molecule has 0 radical (unpaired) electrons. The van der Waals surface area contributed by atoms with Gasteiger partial charge in [-0.2, -0.15) is 0 Å². The Balaban J connectivity index is 1.98. The van der Waals surface area contributed by atoms with Crippen molar-refractivity contribution in [3.05, 3.63) is 100 Å². The number of fused-ring (bicyclic) bond motifs is 1. The predicted molar refractivity (Wildman–Crippen MR) is 119 cm³/mol. The van der Waals surface area contributed by atoms with Crippen LogP contribution < -0.4 is 14.9 Å². The molecule has 0 unspecified atom stereocenters. The molecule has 0 bridgehead atoms. The second kappa shape index (κ2) is 8.42. The van der Waals surface area contributed by atoms with E-state index in [1.807, 2.05) is 0 Å². The van der Waals surface area contributed by atoms with Crippen LogP contribution in [0.4, 0.5) is 4.39 Å². The Kier molecular flexibility index (Phi) is 5.83. The van der Waals surface area contributed by atoms with Crippen molar-refractivity contribution < 1.29 is 13.9 Å². The van der Waals surface area contributed by atoms with Crippen LogP contribution in [0.1, 0.15) is 24.1 Å². The van der Waals surface area contributed by atoms with Gasteiger partial charge < -0.3 is 4.74 Å². The number of nitrogens with zero attached hydrogens (tertiary/aromatic N) is 2. The molecule has 1 aliphatic rings. The van der Waals surface area contributed by atoms with Crippen LogP contribution in [-0.2, 0) is 9.53 Å². The third-order valence-electron chi connectivity index (χ3n) is 4.86. The molecular formula is C22H15Cl2FN2O3S. The van der Waals surface area contributed by atoms with Crippen molar-refractivity contribution in [2.45, 2.75) is 13.0 Å². The first-order valence-electron chi connectivity index (χ1n) is 9.11. The van der Waals surface area contributed by atoms with Gasteiger partial charge in [-0.15, -0.1) is 0 Å². The van der Waals surface area contributed by atoms with Crippen LogP contribution in [-0.4, -0.2) is 17.6 Å². The van der Waals surface area contributed by atoms with Gasteiger partial charge in [0.25, 0.3) is 5.56 Å². The van der Waals surface area contributed by atoms with Gasteiger partial charge in [-0.25, -0.2) is 14.2 Å². The van der Waals surface area contributed by atoms with E-state index in [1.165, 1.54) is 47.3 Å². The molecule has 2 heterocycles. The van der Waals surface area contributed by atoms with Crippen LogP contribution >= 0.6 is 34.5 Å². The van der Waals surface area contributed by atoms with E-state index in [2.05, 4.69) is 4.99 Å². The molecule has 31 heavy (non-hydrogen) atoms. The minimum absolute atomic E-state index is 0.220. The minimum atomic E-state index is -0.799. The van der Waals surface area contributed by atoms with E-state index < -0.39 is 17.8 Å². The molecule has 1 atom stereocenters. The first-order valence-corrected chi connectivity index (χ1v) is 10.7. The Morgan fingerprint density at radius 3 is 2.58 bits per heavy atom. The number of hydrogen-bond donors (Lipinski definition) is 0. The van der Waals surface area contributed by atoms with Crippen molar-refractivity contribution in [3.8, 4) is 0 Å². The van der Waals surface area contributed by atoms with Crippen molar-refractivity contribution in [2.24, 2.45) is 4.99 Å². The van der Waals surface area contributed by atoms with Crippen LogP contribution in [0.5, 0.6) is 0 Å². The highest BCUT2D eigenvalue weighted by molar-refractivity contribution is 7.07. The van der Waals surface area contributed by atoms with E-state index in [1.54, 1.807) is 31.2 Å². The van der Waals surface area contributed by atoms with Gasteiger partial charge >= 0.3 is 5.97 Å². The normalized spacial score (nSPS) is 16.2. The summed E-state index contributed by atoms with van der Waals surface area (Å²) in [6.07, 6.45) is 1.65. The molecule has 0 saturated heterocycles. The topological polar surface area (TPSA) is 60.7 Å². The zero-order chi connectivity index (χ0) is 22.3.